The fourth-order valence-corrected chi connectivity index (χ4v) is 17.5. The number of nitrogens with zero attached hydrogens (tertiary/aromatic N) is 7. The van der Waals surface area contributed by atoms with Crippen molar-refractivity contribution in [3.63, 3.8) is 0 Å². The molecule has 0 aliphatic carbocycles. The van der Waals surface area contributed by atoms with E-state index in [0.29, 0.717) is 75.3 Å². The van der Waals surface area contributed by atoms with Gasteiger partial charge in [-0.15, -0.1) is 0 Å². The first-order chi connectivity index (χ1) is 45.7. The number of phosphoric ester groups is 1. The number of benzene rings is 1. The van der Waals surface area contributed by atoms with Crippen molar-refractivity contribution in [2.75, 3.05) is 77.6 Å². The Bertz CT molecular complexity index is 3610. The number of ether oxygens (including phenoxy) is 6. The molecule has 0 saturated carbocycles. The Kier molecular flexibility index (Phi) is 25.6. The van der Waals surface area contributed by atoms with Gasteiger partial charge in [-0.05, 0) is 54.6 Å². The Morgan fingerprint density at radius 1 is 0.789 bits per heavy atom. The minimum Gasteiger partial charge on any atom is -0.382 e. The van der Waals surface area contributed by atoms with Crippen molar-refractivity contribution < 1.29 is 88.9 Å². The number of ketones is 3. The Morgan fingerprint density at radius 3 is 2.23 bits per heavy atom. The van der Waals surface area contributed by atoms with Gasteiger partial charge in [0, 0.05) is 67.8 Å². The number of halogens is 1. The van der Waals surface area contributed by atoms with Crippen LogP contribution in [0, 0.1) is 11.8 Å². The van der Waals surface area contributed by atoms with Crippen molar-refractivity contribution in [2.24, 2.45) is 11.8 Å². The molecule has 0 bridgehead atoms. The number of nitrogen functional groups attached to an aromatic ring is 1. The number of carbonyl (C=O) groups excluding carboxylic acids is 5. The molecule has 95 heavy (non-hydrogen) atoms. The van der Waals surface area contributed by atoms with E-state index in [1.165, 1.54) is 28.1 Å². The van der Waals surface area contributed by atoms with Gasteiger partial charge in [0.1, 0.15) is 54.1 Å². The number of thioether (sulfide) groups is 1. The molecule has 5 saturated heterocycles. The van der Waals surface area contributed by atoms with Crippen LogP contribution in [0.1, 0.15) is 102 Å². The second-order valence-corrected chi connectivity index (χ2v) is 30.7. The lowest BCUT2D eigenvalue weighted by atomic mass is 9.88. The predicted octanol–water partition coefficient (Wildman–Crippen LogP) is 5.40. The van der Waals surface area contributed by atoms with Crippen molar-refractivity contribution in [3.05, 3.63) is 71.1 Å². The fraction of sp³-hybridized carbons (Fsp3) is 0.644. The minimum absolute atomic E-state index is 0.00656. The largest absolute Gasteiger partial charge is 0.472 e. The van der Waals surface area contributed by atoms with Crippen molar-refractivity contribution in [1.82, 2.24) is 55.0 Å². The van der Waals surface area contributed by atoms with E-state index in [4.69, 9.17) is 52.2 Å². The maximum Gasteiger partial charge on any atom is 0.472 e. The number of imidazole rings is 2. The van der Waals surface area contributed by atoms with Crippen LogP contribution in [0.5, 0.6) is 0 Å². The molecule has 520 valence electrons. The van der Waals surface area contributed by atoms with E-state index in [1.807, 2.05) is 25.6 Å². The summed E-state index contributed by atoms with van der Waals surface area (Å²) in [5.74, 6) is -0.581. The van der Waals surface area contributed by atoms with Gasteiger partial charge in [-0.25, -0.2) is 43.2 Å². The van der Waals surface area contributed by atoms with E-state index in [-0.39, 0.29) is 114 Å². The number of Topliss-reactive ketones (excluding diaryl/α,β-unsaturated/α-hetero) is 3. The minimum atomic E-state index is -5.12. The molecule has 31 nitrogen and oxygen atoms in total. The van der Waals surface area contributed by atoms with Gasteiger partial charge in [-0.3, -0.25) is 51.2 Å². The first-order valence-electron chi connectivity index (χ1n) is 31.7. The van der Waals surface area contributed by atoms with E-state index in [9.17, 15) is 38.2 Å². The molecule has 5 aliphatic heterocycles. The average molecular weight is 1410 g/mol. The number of carbonyl (C=O) groups is 5. The van der Waals surface area contributed by atoms with Crippen LogP contribution < -0.4 is 27.2 Å². The second kappa shape index (κ2) is 33.7. The monoisotopic (exact) mass is 1410 g/mol. The second-order valence-electron chi connectivity index (χ2n) is 24.0. The third-order valence-electron chi connectivity index (χ3n) is 16.8. The van der Waals surface area contributed by atoms with Crippen LogP contribution in [0.2, 0.25) is 0 Å². The van der Waals surface area contributed by atoms with E-state index >= 15 is 8.96 Å². The molecule has 0 radical (unpaired) electrons. The molecule has 9 heterocycles. The number of aromatic amines is 1. The molecule has 14 atom stereocenters. The van der Waals surface area contributed by atoms with Crippen molar-refractivity contribution in [3.8, 4) is 0 Å². The summed E-state index contributed by atoms with van der Waals surface area (Å²) in [6.07, 6.45) is -1.12. The quantitative estimate of drug-likeness (QED) is 0.0170. The highest BCUT2D eigenvalue weighted by atomic mass is 32.7. The third-order valence-corrected chi connectivity index (χ3v) is 23.0. The molecule has 3 amide bonds. The SMILES string of the molecule is CC(C)[C@H](CC(=O)CCOCCOCCOCCOCCCC(=O)CCCCC1SC[C@H]2NC(=O)N[C@@H]12)C(=O)N[C@@H](C)C(=O)Cc1ccc(CSP2(=O)OC[C@H]3O[C@@H](n4cnc5c(N)ncnc54)[C@H](F)[C@@H]3OP(=O)(O)OC[C@H]3O[C@@H](n4cnc5c(=O)[nH]cnc54)C[C@@H]3O2)cc1. The molecular weight excluding hydrogens is 1330 g/mol. The van der Waals surface area contributed by atoms with Gasteiger partial charge in [-0.1, -0.05) is 44.5 Å². The Balaban J connectivity index is 0.631. The lowest BCUT2D eigenvalue weighted by Gasteiger charge is -2.28. The normalized spacial score (nSPS) is 27.5. The molecule has 5 aliphatic rings. The number of hydrogen-bond donors (Lipinski definition) is 6. The van der Waals surface area contributed by atoms with Gasteiger partial charge in [-0.2, -0.15) is 11.8 Å². The van der Waals surface area contributed by atoms with E-state index in [2.05, 4.69) is 45.9 Å². The Morgan fingerprint density at radius 2 is 1.47 bits per heavy atom. The van der Waals surface area contributed by atoms with Crippen LogP contribution in [-0.4, -0.2) is 199 Å². The summed E-state index contributed by atoms with van der Waals surface area (Å²) in [6, 6.07) is 6.28. The summed E-state index contributed by atoms with van der Waals surface area (Å²) in [5, 5.41) is 9.16. The van der Waals surface area contributed by atoms with Gasteiger partial charge >= 0.3 is 20.7 Å². The average Bonchev–Trinajstić information content (AvgIpc) is 1.67. The van der Waals surface area contributed by atoms with Crippen LogP contribution in [0.3, 0.4) is 0 Å². The molecule has 0 spiro atoms. The van der Waals surface area contributed by atoms with Crippen LogP contribution in [0.15, 0.2) is 54.4 Å². The molecule has 1 aromatic carbocycles. The number of nitrogens with two attached hydrogens (primary N) is 1. The molecular formula is C59H81FN12O19P2S2. The Labute approximate surface area is 554 Å². The first kappa shape index (κ1) is 72.1. The molecule has 5 fully saturated rings. The third kappa shape index (κ3) is 19.4. The number of hydrogen-bond acceptors (Lipinski definition) is 26. The maximum atomic E-state index is 16.7. The molecule has 10 rings (SSSR count). The summed E-state index contributed by atoms with van der Waals surface area (Å²) in [7, 11) is -5.12. The zero-order chi connectivity index (χ0) is 67.2. The van der Waals surface area contributed by atoms with E-state index in [1.54, 1.807) is 31.2 Å². The highest BCUT2D eigenvalue weighted by molar-refractivity contribution is 8.54. The standard InChI is InChI=1S/C59H81FN12O19P2S2/c1-34(2)40(24-39(74)14-16-83-18-20-85-22-21-84-19-17-82-15-6-8-38(73)7-4-5-9-46-49-41(29-94-46)69-59(78)70-49)56(76)68-35(3)42(75)23-36-10-12-37(13-11-36)28-95-93(81)87-27-45-52(48(60)58(89-45)72-33-66-50-53(61)62-30-63-54(50)72)91-92(79,80)86-26-44-43(90-93)25-47(88-44)71-32-67-51-55(71)64-31-65-57(51)77/h10-13,30-35,40-41,43-49,52,58H,4-9,14-29H2,1-3H3,(H,68,76)(H,79,80)(H2,61,62,63)(H,64,65,77)(H2,69,70,78)/t35-,40-,41+,43-,44+,45+,46?,47+,48+,49+,52+,58+,93?/m0/s1. The molecule has 5 aromatic rings. The van der Waals surface area contributed by atoms with Crippen LogP contribution in [0.25, 0.3) is 22.3 Å². The van der Waals surface area contributed by atoms with E-state index in [0.717, 1.165) is 42.7 Å². The number of amides is 3. The number of alkyl halides is 1. The number of aromatic nitrogens is 8. The molecule has 7 N–H and O–H groups in total. The smallest absolute Gasteiger partial charge is 0.382 e. The van der Waals surface area contributed by atoms with Crippen molar-refractivity contribution in [1.29, 1.82) is 0 Å². The van der Waals surface area contributed by atoms with Gasteiger partial charge < -0.3 is 60.0 Å². The number of rotatable bonds is 34. The summed E-state index contributed by atoms with van der Waals surface area (Å²) in [5.41, 5.74) is 7.08. The van der Waals surface area contributed by atoms with Crippen molar-refractivity contribution >= 4 is 95.2 Å². The highest BCUT2D eigenvalue weighted by Crippen LogP contribution is 2.65. The fourth-order valence-electron chi connectivity index (χ4n) is 11.6. The zero-order valence-electron chi connectivity index (χ0n) is 52.8. The van der Waals surface area contributed by atoms with Crippen LogP contribution >= 0.6 is 37.8 Å². The van der Waals surface area contributed by atoms with Gasteiger partial charge in [0.2, 0.25) is 5.91 Å². The maximum absolute atomic E-state index is 16.7. The lowest BCUT2D eigenvalue weighted by molar-refractivity contribution is -0.133. The predicted molar refractivity (Wildman–Crippen MR) is 342 cm³/mol. The number of phosphoric acid groups is 1. The number of fused-ring (bicyclic) bond motifs is 5. The van der Waals surface area contributed by atoms with Crippen LogP contribution in [0.4, 0.5) is 15.0 Å². The highest BCUT2D eigenvalue weighted by Gasteiger charge is 2.53. The number of anilines is 1. The van der Waals surface area contributed by atoms with E-state index < -0.39 is 94.3 Å². The van der Waals surface area contributed by atoms with Gasteiger partial charge in [0.15, 0.2) is 40.8 Å². The summed E-state index contributed by atoms with van der Waals surface area (Å²) in [4.78, 5) is 111. The Hall–Kier alpha value is -5.68. The number of urea groups is 1. The van der Waals surface area contributed by atoms with Crippen molar-refractivity contribution in [2.45, 2.75) is 157 Å². The number of nitrogens with one attached hydrogen (secondary N) is 4. The number of H-pyrrole nitrogens is 1. The van der Waals surface area contributed by atoms with Crippen LogP contribution in [-0.2, 0) is 87.0 Å². The molecule has 3 unspecified atom stereocenters. The molecule has 4 aromatic heterocycles. The first-order valence-corrected chi connectivity index (χ1v) is 37.3. The summed E-state index contributed by atoms with van der Waals surface area (Å²) >= 11 is 2.67. The van der Waals surface area contributed by atoms with Gasteiger partial charge in [0.05, 0.1) is 96.6 Å². The van der Waals surface area contributed by atoms with Gasteiger partial charge in [0.25, 0.3) is 5.56 Å². The number of unbranched alkanes of at least 4 members (excludes halogenated alkanes) is 1. The molecule has 36 heteroatoms. The topological polar surface area (TPSA) is 401 Å². The lowest BCUT2D eigenvalue weighted by Crippen LogP contribution is -2.44. The zero-order valence-corrected chi connectivity index (χ0v) is 56.2. The summed E-state index contributed by atoms with van der Waals surface area (Å²) in [6.45, 7) is 2.19. The summed E-state index contributed by atoms with van der Waals surface area (Å²) < 4.78 is 106.